The van der Waals surface area contributed by atoms with E-state index in [0.717, 1.165) is 16.6 Å². The van der Waals surface area contributed by atoms with Gasteiger partial charge in [-0.05, 0) is 42.8 Å². The van der Waals surface area contributed by atoms with Gasteiger partial charge in [0.25, 0.3) is 0 Å². The zero-order chi connectivity index (χ0) is 19.0. The minimum absolute atomic E-state index is 0.0211. The first kappa shape index (κ1) is 16.9. The van der Waals surface area contributed by atoms with Gasteiger partial charge in [-0.1, -0.05) is 24.3 Å². The lowest BCUT2D eigenvalue weighted by Gasteiger charge is -2.05. The van der Waals surface area contributed by atoms with Gasteiger partial charge in [0.2, 0.25) is 0 Å². The van der Waals surface area contributed by atoms with Crippen LogP contribution in [0.5, 0.6) is 0 Å². The van der Waals surface area contributed by atoms with Crippen LogP contribution in [0.3, 0.4) is 0 Å². The van der Waals surface area contributed by atoms with Gasteiger partial charge >= 0.3 is 5.97 Å². The van der Waals surface area contributed by atoms with Crippen molar-refractivity contribution in [1.82, 2.24) is 14.6 Å². The third kappa shape index (κ3) is 3.17. The van der Waals surface area contributed by atoms with E-state index >= 15 is 0 Å². The summed E-state index contributed by atoms with van der Waals surface area (Å²) in [5.74, 6) is -1.44. The van der Waals surface area contributed by atoms with Crippen molar-refractivity contribution in [3.8, 4) is 11.3 Å². The number of rotatable bonds is 4. The van der Waals surface area contributed by atoms with Gasteiger partial charge in [0.1, 0.15) is 11.5 Å². The fourth-order valence-electron chi connectivity index (χ4n) is 3.13. The molecule has 3 aromatic heterocycles. The second kappa shape index (κ2) is 6.64. The maximum Gasteiger partial charge on any atom is 0.354 e. The molecular formula is C21H16FN3O2. The molecule has 0 saturated heterocycles. The topological polar surface area (TPSA) is 67.5 Å². The maximum absolute atomic E-state index is 14.4. The van der Waals surface area contributed by atoms with Crippen molar-refractivity contribution >= 4 is 11.5 Å². The minimum atomic E-state index is -1.08. The van der Waals surface area contributed by atoms with Crippen LogP contribution in [0.2, 0.25) is 0 Å². The molecule has 134 valence electrons. The molecular weight excluding hydrogens is 345 g/mol. The molecule has 0 radical (unpaired) electrons. The molecule has 4 rings (SSSR count). The monoisotopic (exact) mass is 361 g/mol. The molecule has 0 unspecified atom stereocenters. The first-order chi connectivity index (χ1) is 13.0. The highest BCUT2D eigenvalue weighted by Gasteiger charge is 2.18. The van der Waals surface area contributed by atoms with Crippen molar-refractivity contribution in [2.24, 2.45) is 0 Å². The fourth-order valence-corrected chi connectivity index (χ4v) is 3.13. The Kier molecular flexibility index (Phi) is 4.16. The van der Waals surface area contributed by atoms with Crippen molar-refractivity contribution < 1.29 is 14.3 Å². The average Bonchev–Trinajstić information content (AvgIpc) is 2.99. The van der Waals surface area contributed by atoms with Crippen LogP contribution >= 0.6 is 0 Å². The van der Waals surface area contributed by atoms with Crippen LogP contribution in [0.4, 0.5) is 4.39 Å². The highest BCUT2D eigenvalue weighted by atomic mass is 19.1. The summed E-state index contributed by atoms with van der Waals surface area (Å²) in [6.45, 7) is 1.96. The summed E-state index contributed by atoms with van der Waals surface area (Å²) in [6.07, 6.45) is 2.22. The summed E-state index contributed by atoms with van der Waals surface area (Å²) in [7, 11) is 0. The lowest BCUT2D eigenvalue weighted by Crippen LogP contribution is -2.03. The molecule has 0 fully saturated rings. The van der Waals surface area contributed by atoms with Crippen molar-refractivity contribution in [3.05, 3.63) is 89.1 Å². The van der Waals surface area contributed by atoms with Crippen LogP contribution in [0, 0.1) is 12.7 Å². The Morgan fingerprint density at radius 1 is 1.11 bits per heavy atom. The molecule has 0 spiro atoms. The van der Waals surface area contributed by atoms with Crippen LogP contribution in [0.15, 0.2) is 60.8 Å². The molecule has 0 aliphatic rings. The Balaban J connectivity index is 1.90. The Bertz CT molecular complexity index is 1170. The van der Waals surface area contributed by atoms with E-state index in [1.165, 1.54) is 12.1 Å². The molecule has 5 nitrogen and oxygen atoms in total. The van der Waals surface area contributed by atoms with E-state index in [1.807, 2.05) is 25.3 Å². The number of aromatic nitrogens is 3. The Hall–Kier alpha value is -3.54. The Labute approximate surface area is 154 Å². The van der Waals surface area contributed by atoms with Crippen molar-refractivity contribution in [3.63, 3.8) is 0 Å². The van der Waals surface area contributed by atoms with Crippen LogP contribution in [0.25, 0.3) is 16.8 Å². The third-order valence-electron chi connectivity index (χ3n) is 4.39. The van der Waals surface area contributed by atoms with Crippen LogP contribution in [-0.2, 0) is 6.42 Å². The summed E-state index contributed by atoms with van der Waals surface area (Å²) in [6, 6.07) is 15.3. The van der Waals surface area contributed by atoms with Gasteiger partial charge in [0.05, 0.1) is 11.2 Å². The summed E-state index contributed by atoms with van der Waals surface area (Å²) in [5.41, 5.74) is 4.17. The van der Waals surface area contributed by atoms with E-state index < -0.39 is 5.97 Å². The number of fused-ring (bicyclic) bond motifs is 1. The number of carbonyl (C=O) groups is 1. The average molecular weight is 361 g/mol. The van der Waals surface area contributed by atoms with Crippen LogP contribution in [0.1, 0.15) is 27.3 Å². The summed E-state index contributed by atoms with van der Waals surface area (Å²) >= 11 is 0. The predicted molar refractivity (Wildman–Crippen MR) is 99.3 cm³/mol. The largest absolute Gasteiger partial charge is 0.477 e. The van der Waals surface area contributed by atoms with Crippen molar-refractivity contribution in [2.45, 2.75) is 13.3 Å². The molecule has 1 aromatic carbocycles. The van der Waals surface area contributed by atoms with Crippen molar-refractivity contribution in [2.75, 3.05) is 0 Å². The maximum atomic E-state index is 14.4. The SMILES string of the molecule is Cc1ccc2c(Cc3cccc(C(=O)O)n3)c(-c3ccccc3F)nn2c1. The predicted octanol–water partition coefficient (Wildman–Crippen LogP) is 4.13. The molecule has 0 amide bonds. The molecule has 27 heavy (non-hydrogen) atoms. The summed E-state index contributed by atoms with van der Waals surface area (Å²) in [5, 5.41) is 13.8. The minimum Gasteiger partial charge on any atom is -0.477 e. The summed E-state index contributed by atoms with van der Waals surface area (Å²) in [4.78, 5) is 15.4. The van der Waals surface area contributed by atoms with E-state index in [-0.39, 0.29) is 11.5 Å². The Morgan fingerprint density at radius 3 is 2.70 bits per heavy atom. The van der Waals surface area contributed by atoms with Crippen molar-refractivity contribution in [1.29, 1.82) is 0 Å². The van der Waals surface area contributed by atoms with Crippen LogP contribution in [-0.4, -0.2) is 25.7 Å². The van der Waals surface area contributed by atoms with E-state index in [1.54, 1.807) is 34.8 Å². The highest BCUT2D eigenvalue weighted by Crippen LogP contribution is 2.30. The van der Waals surface area contributed by atoms with Crippen LogP contribution < -0.4 is 0 Å². The second-order valence-corrected chi connectivity index (χ2v) is 6.34. The molecule has 4 aromatic rings. The Morgan fingerprint density at radius 2 is 1.93 bits per heavy atom. The lowest BCUT2D eigenvalue weighted by atomic mass is 10.0. The normalized spacial score (nSPS) is 11.0. The van der Waals surface area contributed by atoms with E-state index in [2.05, 4.69) is 10.1 Å². The number of aryl methyl sites for hydroxylation is 1. The molecule has 1 N–H and O–H groups in total. The molecule has 3 heterocycles. The van der Waals surface area contributed by atoms with Gasteiger partial charge in [0.15, 0.2) is 0 Å². The standard InChI is InChI=1S/C21H16FN3O2/c1-13-9-10-19-16(11-14-5-4-8-18(23-14)21(26)27)20(24-25(19)12-13)15-6-2-3-7-17(15)22/h2-10,12H,11H2,1H3,(H,26,27). The smallest absolute Gasteiger partial charge is 0.354 e. The lowest BCUT2D eigenvalue weighted by molar-refractivity contribution is 0.0690. The van der Waals surface area contributed by atoms with E-state index in [4.69, 9.17) is 0 Å². The zero-order valence-corrected chi connectivity index (χ0v) is 14.6. The number of hydrogen-bond acceptors (Lipinski definition) is 3. The summed E-state index contributed by atoms with van der Waals surface area (Å²) < 4.78 is 16.2. The number of pyridine rings is 2. The van der Waals surface area contributed by atoms with Gasteiger partial charge in [0, 0.05) is 29.4 Å². The number of aromatic carboxylic acids is 1. The molecule has 6 heteroatoms. The van der Waals surface area contributed by atoms with E-state index in [0.29, 0.717) is 23.4 Å². The number of benzene rings is 1. The number of halogens is 1. The number of nitrogens with zero attached hydrogens (tertiary/aromatic N) is 3. The van der Waals surface area contributed by atoms with Gasteiger partial charge in [-0.3, -0.25) is 0 Å². The first-order valence-electron chi connectivity index (χ1n) is 8.45. The zero-order valence-electron chi connectivity index (χ0n) is 14.6. The quantitative estimate of drug-likeness (QED) is 0.593. The first-order valence-corrected chi connectivity index (χ1v) is 8.45. The molecule has 0 aliphatic heterocycles. The van der Waals surface area contributed by atoms with E-state index in [9.17, 15) is 14.3 Å². The van der Waals surface area contributed by atoms with Gasteiger partial charge in [-0.25, -0.2) is 18.7 Å². The molecule has 0 bridgehead atoms. The van der Waals surface area contributed by atoms with Gasteiger partial charge in [-0.2, -0.15) is 5.10 Å². The fraction of sp³-hybridized carbons (Fsp3) is 0.0952. The highest BCUT2D eigenvalue weighted by molar-refractivity contribution is 5.85. The number of carboxylic acids is 1. The van der Waals surface area contributed by atoms with Gasteiger partial charge < -0.3 is 5.11 Å². The molecule has 0 atom stereocenters. The number of carboxylic acid groups (broad SMARTS) is 1. The molecule has 0 aliphatic carbocycles. The second-order valence-electron chi connectivity index (χ2n) is 6.34. The van der Waals surface area contributed by atoms with Gasteiger partial charge in [-0.15, -0.1) is 0 Å². The third-order valence-corrected chi connectivity index (χ3v) is 4.39. The number of hydrogen-bond donors (Lipinski definition) is 1. The molecule has 0 saturated carbocycles.